The van der Waals surface area contributed by atoms with Crippen molar-refractivity contribution >= 4 is 34.4 Å². The highest BCUT2D eigenvalue weighted by atomic mass is 32.2. The number of benzene rings is 1. The maximum Gasteiger partial charge on any atom is 0.586 e. The smallest absolute Gasteiger partial charge is 0.395 e. The molecule has 8 nitrogen and oxygen atoms in total. The highest BCUT2D eigenvalue weighted by molar-refractivity contribution is 7.99. The summed E-state index contributed by atoms with van der Waals surface area (Å²) in [4.78, 5) is 17.8. The number of ether oxygens (including phenoxy) is 2. The summed E-state index contributed by atoms with van der Waals surface area (Å²) >= 11 is 1.22. The van der Waals surface area contributed by atoms with Crippen molar-refractivity contribution in [3.05, 3.63) is 31.1 Å². The van der Waals surface area contributed by atoms with Gasteiger partial charge in [-0.2, -0.15) is 0 Å². The van der Waals surface area contributed by atoms with Crippen LogP contribution in [0.25, 0.3) is 11.2 Å². The number of nitrogen functional groups attached to an aromatic ring is 1. The highest BCUT2D eigenvalue weighted by Gasteiger charge is 2.44. The Morgan fingerprint density at radius 3 is 2.78 bits per heavy atom. The van der Waals surface area contributed by atoms with Crippen LogP contribution in [0.2, 0.25) is 0 Å². The summed E-state index contributed by atoms with van der Waals surface area (Å²) in [5.74, 6) is 0.168. The first-order chi connectivity index (χ1) is 12.9. The zero-order valence-corrected chi connectivity index (χ0v) is 14.9. The molecule has 3 N–H and O–H groups in total. The van der Waals surface area contributed by atoms with Crippen LogP contribution in [-0.4, -0.2) is 39.8 Å². The van der Waals surface area contributed by atoms with Gasteiger partial charge in [0.05, 0.1) is 5.69 Å². The van der Waals surface area contributed by atoms with E-state index in [4.69, 9.17) is 5.73 Å². The molecule has 11 heteroatoms. The Bertz CT molecular complexity index is 1040. The summed E-state index contributed by atoms with van der Waals surface area (Å²) < 4.78 is 36.0. The average Bonchev–Trinajstić information content (AvgIpc) is 3.13. The largest absolute Gasteiger partial charge is 0.586 e. The maximum atomic E-state index is 13.4. The van der Waals surface area contributed by atoms with Crippen molar-refractivity contribution in [2.24, 2.45) is 0 Å². The maximum absolute atomic E-state index is 13.4. The first kappa shape index (κ1) is 17.3. The van der Waals surface area contributed by atoms with Crippen LogP contribution in [0.4, 0.5) is 20.3 Å². The van der Waals surface area contributed by atoms with E-state index < -0.39 is 6.29 Å². The predicted octanol–water partition coefficient (Wildman–Crippen LogP) is 3.03. The van der Waals surface area contributed by atoms with Crippen LogP contribution in [0, 0.1) is 0 Å². The van der Waals surface area contributed by atoms with Crippen molar-refractivity contribution < 1.29 is 18.3 Å². The van der Waals surface area contributed by atoms with Crippen molar-refractivity contribution in [2.75, 3.05) is 24.2 Å². The number of fused-ring (bicyclic) bond motifs is 2. The summed E-state index contributed by atoms with van der Waals surface area (Å²) in [6.45, 7) is 4.20. The second-order valence-electron chi connectivity index (χ2n) is 5.70. The fourth-order valence-electron chi connectivity index (χ4n) is 2.62. The first-order valence-corrected chi connectivity index (χ1v) is 8.58. The molecule has 0 atom stereocenters. The third kappa shape index (κ3) is 3.21. The van der Waals surface area contributed by atoms with Crippen LogP contribution in [0.5, 0.6) is 11.5 Å². The molecule has 0 aliphatic carbocycles. The molecule has 4 rings (SSSR count). The highest BCUT2D eigenvalue weighted by Crippen LogP contribution is 2.48. The molecular weight excluding hydrogens is 378 g/mol. The zero-order chi connectivity index (χ0) is 19.2. The number of likely N-dealkylation sites (N-methyl/N-ethyl adjacent to an activating group) is 1. The summed E-state index contributed by atoms with van der Waals surface area (Å²) in [6.07, 6.45) is -0.662. The molecule has 27 heavy (non-hydrogen) atoms. The molecule has 0 unspecified atom stereocenters. The van der Waals surface area contributed by atoms with Gasteiger partial charge in [0, 0.05) is 30.6 Å². The number of hydrogen-bond donors (Lipinski definition) is 2. The molecule has 2 aromatic heterocycles. The molecule has 1 aliphatic heterocycles. The lowest BCUT2D eigenvalue weighted by Gasteiger charge is -2.20. The van der Waals surface area contributed by atoms with Gasteiger partial charge in [-0.3, -0.25) is 0 Å². The topological polar surface area (TPSA) is 102 Å². The lowest BCUT2D eigenvalue weighted by atomic mass is 10.2. The van der Waals surface area contributed by atoms with Crippen molar-refractivity contribution in [1.82, 2.24) is 19.9 Å². The van der Waals surface area contributed by atoms with E-state index in [0.29, 0.717) is 33.4 Å². The molecular formula is C16H14F2N6O2S. The fraction of sp³-hybridized carbons (Fsp3) is 0.188. The van der Waals surface area contributed by atoms with Crippen LogP contribution < -0.4 is 20.1 Å². The van der Waals surface area contributed by atoms with Gasteiger partial charge in [0.1, 0.15) is 6.33 Å². The molecule has 1 aliphatic rings. The zero-order valence-electron chi connectivity index (χ0n) is 14.1. The van der Waals surface area contributed by atoms with Gasteiger partial charge in [-0.05, 0) is 11.8 Å². The average molecular weight is 392 g/mol. The van der Waals surface area contributed by atoms with Gasteiger partial charge in [0.15, 0.2) is 33.6 Å². The van der Waals surface area contributed by atoms with Crippen molar-refractivity contribution in [2.45, 2.75) is 16.3 Å². The second kappa shape index (κ2) is 6.27. The van der Waals surface area contributed by atoms with Crippen LogP contribution in [0.1, 0.15) is 0 Å². The van der Waals surface area contributed by atoms with Gasteiger partial charge in [0.2, 0.25) is 0 Å². The van der Waals surface area contributed by atoms with E-state index in [1.165, 1.54) is 30.2 Å². The summed E-state index contributed by atoms with van der Waals surface area (Å²) in [6, 6.07) is 2.98. The molecule has 3 aromatic rings. The third-order valence-corrected chi connectivity index (χ3v) is 4.73. The van der Waals surface area contributed by atoms with E-state index in [2.05, 4.69) is 36.0 Å². The van der Waals surface area contributed by atoms with Gasteiger partial charge >= 0.3 is 6.29 Å². The molecule has 140 valence electrons. The molecule has 1 aromatic carbocycles. The van der Waals surface area contributed by atoms with Crippen LogP contribution in [0.15, 0.2) is 41.2 Å². The molecule has 0 spiro atoms. The lowest BCUT2D eigenvalue weighted by molar-refractivity contribution is -0.286. The fourth-order valence-corrected chi connectivity index (χ4v) is 3.59. The number of imidazole rings is 1. The Labute approximate surface area is 156 Å². The Hall–Kier alpha value is -3.08. The second-order valence-corrected chi connectivity index (χ2v) is 6.73. The van der Waals surface area contributed by atoms with Crippen LogP contribution >= 0.6 is 11.8 Å². The molecule has 0 radical (unpaired) electrons. The first-order valence-electron chi connectivity index (χ1n) is 7.76. The number of nitrogens with one attached hydrogen (secondary N) is 1. The Morgan fingerprint density at radius 1 is 1.33 bits per heavy atom. The standard InChI is InChI=1S/C16H14F2N6O2S/c1-3-4-24(2)8-5-9-10(26-16(17,18)25-9)6-11(8)27-15-22-12-13(19)20-7-21-14(12)23-15/h3,5-7H,1,4H2,2H3,(H3,19,20,21,22,23). The van der Waals surface area contributed by atoms with E-state index in [1.54, 1.807) is 6.08 Å². The van der Waals surface area contributed by atoms with Crippen LogP contribution in [0.3, 0.4) is 0 Å². The number of nitrogens with two attached hydrogens (primary N) is 1. The number of hydrogen-bond acceptors (Lipinski definition) is 8. The Balaban J connectivity index is 1.76. The minimum absolute atomic E-state index is 0.0324. The minimum Gasteiger partial charge on any atom is -0.395 e. The number of rotatable bonds is 5. The summed E-state index contributed by atoms with van der Waals surface area (Å²) in [7, 11) is 1.81. The van der Waals surface area contributed by atoms with E-state index in [-0.39, 0.29) is 17.3 Å². The van der Waals surface area contributed by atoms with Gasteiger partial charge < -0.3 is 25.1 Å². The Kier molecular flexibility index (Phi) is 4.02. The summed E-state index contributed by atoms with van der Waals surface area (Å²) in [5, 5.41) is 0.482. The van der Waals surface area contributed by atoms with Crippen molar-refractivity contribution in [1.29, 1.82) is 0 Å². The van der Waals surface area contributed by atoms with E-state index >= 15 is 0 Å². The van der Waals surface area contributed by atoms with Crippen molar-refractivity contribution in [3.63, 3.8) is 0 Å². The van der Waals surface area contributed by atoms with Gasteiger partial charge in [-0.1, -0.05) is 6.08 Å². The van der Waals surface area contributed by atoms with E-state index in [0.717, 1.165) is 0 Å². The van der Waals surface area contributed by atoms with Gasteiger partial charge in [-0.15, -0.1) is 15.4 Å². The summed E-state index contributed by atoms with van der Waals surface area (Å²) in [5.41, 5.74) is 7.38. The molecule has 3 heterocycles. The molecule has 0 fully saturated rings. The normalized spacial score (nSPS) is 14.5. The number of nitrogens with zero attached hydrogens (tertiary/aromatic N) is 4. The monoisotopic (exact) mass is 392 g/mol. The minimum atomic E-state index is -3.69. The lowest BCUT2D eigenvalue weighted by Crippen LogP contribution is -2.25. The molecule has 0 saturated carbocycles. The predicted molar refractivity (Wildman–Crippen MR) is 96.3 cm³/mol. The van der Waals surface area contributed by atoms with Gasteiger partial charge in [0.25, 0.3) is 0 Å². The molecule has 0 saturated heterocycles. The van der Waals surface area contributed by atoms with Crippen molar-refractivity contribution in [3.8, 4) is 11.5 Å². The number of anilines is 2. The van der Waals surface area contributed by atoms with Crippen LogP contribution in [-0.2, 0) is 0 Å². The molecule has 0 bridgehead atoms. The number of aromatic nitrogens is 4. The van der Waals surface area contributed by atoms with Gasteiger partial charge in [-0.25, -0.2) is 15.0 Å². The number of H-pyrrole nitrogens is 1. The quantitative estimate of drug-likeness (QED) is 0.639. The number of alkyl halides is 2. The van der Waals surface area contributed by atoms with E-state index in [9.17, 15) is 8.78 Å². The Morgan fingerprint density at radius 2 is 2.07 bits per heavy atom. The number of aromatic amines is 1. The third-order valence-electron chi connectivity index (χ3n) is 3.79. The number of halogens is 2. The van der Waals surface area contributed by atoms with E-state index in [1.807, 2.05) is 11.9 Å². The SMILES string of the molecule is C=CCN(C)c1cc2c(cc1Sc1nc3c(N)ncnc3[nH]1)OC(F)(F)O2. The molecule has 0 amide bonds.